The second-order valence-electron chi connectivity index (χ2n) is 6.57. The fraction of sp³-hybridized carbons (Fsp3) is 0.300. The van der Waals surface area contributed by atoms with Crippen LogP contribution < -0.4 is 0 Å². The zero-order valence-electron chi connectivity index (χ0n) is 14.3. The van der Waals surface area contributed by atoms with Crippen LogP contribution in [0.5, 0.6) is 0 Å². The van der Waals surface area contributed by atoms with Gasteiger partial charge >= 0.3 is 11.9 Å². The van der Waals surface area contributed by atoms with Crippen molar-refractivity contribution in [3.63, 3.8) is 0 Å². The smallest absolute Gasteiger partial charge is 0.346 e. The molecule has 6 nitrogen and oxygen atoms in total. The Morgan fingerprint density at radius 1 is 0.731 bits per heavy atom. The highest BCUT2D eigenvalue weighted by Gasteiger charge is 2.37. The summed E-state index contributed by atoms with van der Waals surface area (Å²) in [4.78, 5) is 51.0. The fourth-order valence-corrected chi connectivity index (χ4v) is 3.67. The standard InChI is InChI=1S/C20H17NO5/c1-2-3-4-5-10-21-17(22)11-6-8-13-16-14(20(25)26-19(13)24)9-7-12(15(11)16)18(21)23/h6-9H,2-5,10H2,1H3. The first-order chi connectivity index (χ1) is 12.5. The zero-order chi connectivity index (χ0) is 18.4. The molecule has 0 radical (unpaired) electrons. The van der Waals surface area contributed by atoms with E-state index in [4.69, 9.17) is 4.74 Å². The third-order valence-corrected chi connectivity index (χ3v) is 4.97. The summed E-state index contributed by atoms with van der Waals surface area (Å²) >= 11 is 0. The second-order valence-corrected chi connectivity index (χ2v) is 6.57. The van der Waals surface area contributed by atoms with Gasteiger partial charge in [-0.3, -0.25) is 14.5 Å². The van der Waals surface area contributed by atoms with Crippen molar-refractivity contribution < 1.29 is 23.9 Å². The highest BCUT2D eigenvalue weighted by Crippen LogP contribution is 2.37. The van der Waals surface area contributed by atoms with Gasteiger partial charge in [0, 0.05) is 28.4 Å². The number of nitrogens with zero attached hydrogens (tertiary/aromatic N) is 1. The minimum atomic E-state index is -0.756. The van der Waals surface area contributed by atoms with Gasteiger partial charge in [0.2, 0.25) is 0 Å². The van der Waals surface area contributed by atoms with Crippen LogP contribution in [0.15, 0.2) is 24.3 Å². The topological polar surface area (TPSA) is 80.8 Å². The molecule has 2 heterocycles. The summed E-state index contributed by atoms with van der Waals surface area (Å²) in [7, 11) is 0. The molecule has 0 spiro atoms. The Kier molecular flexibility index (Phi) is 3.83. The van der Waals surface area contributed by atoms with Gasteiger partial charge in [-0.1, -0.05) is 26.2 Å². The van der Waals surface area contributed by atoms with Gasteiger partial charge in [0.15, 0.2) is 0 Å². The van der Waals surface area contributed by atoms with Gasteiger partial charge in [0.1, 0.15) is 0 Å². The lowest BCUT2D eigenvalue weighted by molar-refractivity contribution is 0.0388. The van der Waals surface area contributed by atoms with Crippen molar-refractivity contribution in [2.24, 2.45) is 0 Å². The molecule has 132 valence electrons. The summed E-state index contributed by atoms with van der Waals surface area (Å²) in [5.74, 6) is -2.27. The molecule has 6 heteroatoms. The summed E-state index contributed by atoms with van der Waals surface area (Å²) in [5, 5.41) is 0.721. The molecule has 2 aliphatic rings. The van der Waals surface area contributed by atoms with Crippen molar-refractivity contribution in [1.82, 2.24) is 4.90 Å². The van der Waals surface area contributed by atoms with Crippen molar-refractivity contribution in [3.05, 3.63) is 46.5 Å². The Hall–Kier alpha value is -3.02. The highest BCUT2D eigenvalue weighted by atomic mass is 16.6. The number of cyclic esters (lactones) is 2. The molecule has 0 aliphatic carbocycles. The van der Waals surface area contributed by atoms with E-state index >= 15 is 0 Å². The van der Waals surface area contributed by atoms with Gasteiger partial charge in [-0.2, -0.15) is 0 Å². The molecule has 0 N–H and O–H groups in total. The largest absolute Gasteiger partial charge is 0.386 e. The second kappa shape index (κ2) is 6.05. The Morgan fingerprint density at radius 2 is 1.23 bits per heavy atom. The van der Waals surface area contributed by atoms with E-state index in [1.807, 2.05) is 0 Å². The molecule has 0 saturated heterocycles. The van der Waals surface area contributed by atoms with E-state index in [1.165, 1.54) is 29.2 Å². The molecular formula is C20H17NO5. The normalized spacial score (nSPS) is 15.7. The first-order valence-corrected chi connectivity index (χ1v) is 8.77. The van der Waals surface area contributed by atoms with Crippen LogP contribution in [0.25, 0.3) is 10.8 Å². The third kappa shape index (κ3) is 2.25. The number of carbonyl (C=O) groups is 4. The number of ether oxygens (including phenoxy) is 1. The zero-order valence-corrected chi connectivity index (χ0v) is 14.3. The van der Waals surface area contributed by atoms with Crippen LogP contribution in [0.3, 0.4) is 0 Å². The molecule has 0 atom stereocenters. The van der Waals surface area contributed by atoms with Crippen molar-refractivity contribution in [1.29, 1.82) is 0 Å². The molecule has 0 unspecified atom stereocenters. The monoisotopic (exact) mass is 351 g/mol. The lowest BCUT2D eigenvalue weighted by Gasteiger charge is -2.29. The Bertz CT molecular complexity index is 923. The number of rotatable bonds is 5. The lowest BCUT2D eigenvalue weighted by atomic mass is 9.87. The van der Waals surface area contributed by atoms with Gasteiger partial charge in [0.05, 0.1) is 11.1 Å². The average molecular weight is 351 g/mol. The quantitative estimate of drug-likeness (QED) is 0.357. The number of imide groups is 1. The fourth-order valence-electron chi connectivity index (χ4n) is 3.67. The summed E-state index contributed by atoms with van der Waals surface area (Å²) in [5.41, 5.74) is 1.10. The third-order valence-electron chi connectivity index (χ3n) is 4.97. The van der Waals surface area contributed by atoms with Gasteiger partial charge in [0.25, 0.3) is 11.8 Å². The van der Waals surface area contributed by atoms with Crippen LogP contribution in [-0.2, 0) is 4.74 Å². The summed E-state index contributed by atoms with van der Waals surface area (Å²) < 4.78 is 4.73. The molecule has 2 aromatic carbocycles. The molecule has 4 rings (SSSR count). The Morgan fingerprint density at radius 3 is 1.77 bits per heavy atom. The van der Waals surface area contributed by atoms with Crippen molar-refractivity contribution in [2.45, 2.75) is 32.6 Å². The van der Waals surface area contributed by atoms with E-state index in [0.717, 1.165) is 25.7 Å². The van der Waals surface area contributed by atoms with E-state index < -0.39 is 11.9 Å². The van der Waals surface area contributed by atoms with Gasteiger partial charge < -0.3 is 4.74 Å². The summed E-state index contributed by atoms with van der Waals surface area (Å²) in [6.07, 6.45) is 3.83. The van der Waals surface area contributed by atoms with Gasteiger partial charge in [-0.15, -0.1) is 0 Å². The summed E-state index contributed by atoms with van der Waals surface area (Å²) in [6, 6.07) is 6.05. The van der Waals surface area contributed by atoms with Crippen molar-refractivity contribution in [2.75, 3.05) is 6.54 Å². The number of amides is 2. The van der Waals surface area contributed by atoms with Crippen LogP contribution >= 0.6 is 0 Å². The van der Waals surface area contributed by atoms with Crippen LogP contribution in [-0.4, -0.2) is 35.2 Å². The van der Waals surface area contributed by atoms with Crippen LogP contribution in [0.2, 0.25) is 0 Å². The minimum Gasteiger partial charge on any atom is -0.386 e. The number of hydrogen-bond acceptors (Lipinski definition) is 5. The number of esters is 2. The molecule has 2 aliphatic heterocycles. The molecule has 0 bridgehead atoms. The predicted octanol–water partition coefficient (Wildman–Crippen LogP) is 3.33. The first kappa shape index (κ1) is 16.4. The van der Waals surface area contributed by atoms with Crippen LogP contribution in [0.4, 0.5) is 0 Å². The number of hydrogen-bond donors (Lipinski definition) is 0. The number of unbranched alkanes of at least 4 members (excludes halogenated alkanes) is 3. The molecule has 2 amide bonds. The van der Waals surface area contributed by atoms with E-state index in [9.17, 15) is 19.2 Å². The predicted molar refractivity (Wildman–Crippen MR) is 93.2 cm³/mol. The van der Waals surface area contributed by atoms with Gasteiger partial charge in [-0.25, -0.2) is 9.59 Å². The Balaban J connectivity index is 1.84. The molecule has 2 aromatic rings. The SMILES string of the molecule is CCCCCCN1C(=O)c2ccc3c4c(ccc(c24)C1=O)C(=O)OC3=O. The van der Waals surface area contributed by atoms with Crippen molar-refractivity contribution in [3.8, 4) is 0 Å². The maximum absolute atomic E-state index is 12.9. The van der Waals surface area contributed by atoms with E-state index in [2.05, 4.69) is 6.92 Å². The molecule has 0 saturated carbocycles. The maximum Gasteiger partial charge on any atom is 0.346 e. The maximum atomic E-state index is 12.9. The molecule has 0 fully saturated rings. The van der Waals surface area contributed by atoms with Crippen LogP contribution in [0.1, 0.15) is 74.0 Å². The van der Waals surface area contributed by atoms with Crippen molar-refractivity contribution >= 4 is 34.5 Å². The lowest BCUT2D eigenvalue weighted by Crippen LogP contribution is -2.41. The van der Waals surface area contributed by atoms with E-state index in [0.29, 0.717) is 28.4 Å². The van der Waals surface area contributed by atoms with Gasteiger partial charge in [-0.05, 0) is 30.7 Å². The summed E-state index contributed by atoms with van der Waals surface area (Å²) in [6.45, 7) is 2.46. The molecular weight excluding hydrogens is 334 g/mol. The minimum absolute atomic E-state index is 0.206. The highest BCUT2D eigenvalue weighted by molar-refractivity contribution is 6.31. The number of carbonyl (C=O) groups excluding carboxylic acids is 4. The van der Waals surface area contributed by atoms with Crippen LogP contribution in [0, 0.1) is 0 Å². The average Bonchev–Trinajstić information content (AvgIpc) is 2.63. The molecule has 26 heavy (non-hydrogen) atoms. The number of benzene rings is 2. The first-order valence-electron chi connectivity index (χ1n) is 8.77. The van der Waals surface area contributed by atoms with E-state index in [-0.39, 0.29) is 22.9 Å². The molecule has 0 aromatic heterocycles. The van der Waals surface area contributed by atoms with E-state index in [1.54, 1.807) is 0 Å². The Labute approximate surface area is 149 Å².